The minimum atomic E-state index is -0.383. The fourth-order valence-electron chi connectivity index (χ4n) is 1.49. The monoisotopic (exact) mass is 235 g/mol. The molecule has 1 heterocycles. The zero-order chi connectivity index (χ0) is 13.0. The fourth-order valence-corrected chi connectivity index (χ4v) is 1.49. The van der Waals surface area contributed by atoms with Gasteiger partial charge in [-0.15, -0.1) is 0 Å². The Balaban J connectivity index is 2.78. The van der Waals surface area contributed by atoms with Crippen molar-refractivity contribution >= 4 is 5.91 Å². The summed E-state index contributed by atoms with van der Waals surface area (Å²) >= 11 is 0. The summed E-state index contributed by atoms with van der Waals surface area (Å²) in [5.41, 5.74) is 2.56. The topological polar surface area (TPSA) is 74.8 Å². The van der Waals surface area contributed by atoms with Gasteiger partial charge in [0.1, 0.15) is 0 Å². The Hall–Kier alpha value is -1.91. The molecule has 92 valence electrons. The van der Waals surface area contributed by atoms with Gasteiger partial charge in [0.2, 0.25) is 5.91 Å². The van der Waals surface area contributed by atoms with Crippen molar-refractivity contribution in [2.75, 3.05) is 6.54 Å². The number of carbonyl (C=O) groups is 1. The molecular formula is C12H17N3O2. The number of amides is 1. The highest BCUT2D eigenvalue weighted by atomic mass is 16.1. The van der Waals surface area contributed by atoms with Crippen molar-refractivity contribution in [1.29, 1.82) is 0 Å². The summed E-state index contributed by atoms with van der Waals surface area (Å²) in [4.78, 5) is 29.1. The molecule has 0 radical (unpaired) electrons. The van der Waals surface area contributed by atoms with Gasteiger partial charge >= 0.3 is 5.69 Å². The van der Waals surface area contributed by atoms with E-state index in [1.165, 1.54) is 0 Å². The summed E-state index contributed by atoms with van der Waals surface area (Å²) in [7, 11) is 0. The van der Waals surface area contributed by atoms with E-state index in [2.05, 4.69) is 21.9 Å². The number of rotatable bonds is 4. The van der Waals surface area contributed by atoms with Crippen molar-refractivity contribution in [3.05, 3.63) is 39.6 Å². The van der Waals surface area contributed by atoms with Crippen molar-refractivity contribution < 1.29 is 4.79 Å². The lowest BCUT2D eigenvalue weighted by molar-refractivity contribution is -0.120. The molecule has 0 spiro atoms. The standard InChI is InChI=1S/C12H17N3O2/c1-7(2)6-13-11(16)5-10-8(3)14-12(17)15-9(10)4/h1,5-6H2,2-4H3,(H,13,16)(H,14,15,17). The van der Waals surface area contributed by atoms with Crippen LogP contribution in [-0.4, -0.2) is 22.4 Å². The molecule has 2 N–H and O–H groups in total. The number of aromatic nitrogens is 2. The molecule has 0 bridgehead atoms. The maximum absolute atomic E-state index is 11.6. The van der Waals surface area contributed by atoms with Crippen LogP contribution in [0.2, 0.25) is 0 Å². The molecule has 17 heavy (non-hydrogen) atoms. The molecular weight excluding hydrogens is 218 g/mol. The zero-order valence-electron chi connectivity index (χ0n) is 10.4. The minimum absolute atomic E-state index is 0.104. The first-order chi connectivity index (χ1) is 7.90. The number of aryl methyl sites for hydroxylation is 2. The number of hydrogen-bond donors (Lipinski definition) is 2. The highest BCUT2D eigenvalue weighted by molar-refractivity contribution is 5.79. The highest BCUT2D eigenvalue weighted by Gasteiger charge is 2.10. The molecule has 5 heteroatoms. The third-order valence-electron chi connectivity index (χ3n) is 2.38. The van der Waals surface area contributed by atoms with Crippen LogP contribution in [0, 0.1) is 13.8 Å². The summed E-state index contributed by atoms with van der Waals surface area (Å²) in [6.45, 7) is 9.50. The smallest absolute Gasteiger partial charge is 0.345 e. The molecule has 0 saturated heterocycles. The SMILES string of the molecule is C=C(C)CNC(=O)Cc1c(C)nc(=O)[nH]c1C. The number of carbonyl (C=O) groups excluding carboxylic acids is 1. The molecule has 0 fully saturated rings. The van der Waals surface area contributed by atoms with Crippen LogP contribution in [0.25, 0.3) is 0 Å². The molecule has 0 atom stereocenters. The van der Waals surface area contributed by atoms with E-state index in [1.54, 1.807) is 13.8 Å². The summed E-state index contributed by atoms with van der Waals surface area (Å²) in [6, 6.07) is 0. The Morgan fingerprint density at radius 2 is 2.12 bits per heavy atom. The van der Waals surface area contributed by atoms with Crippen LogP contribution < -0.4 is 11.0 Å². The van der Waals surface area contributed by atoms with E-state index in [9.17, 15) is 9.59 Å². The number of hydrogen-bond acceptors (Lipinski definition) is 3. The van der Waals surface area contributed by atoms with Crippen LogP contribution in [0.15, 0.2) is 16.9 Å². The van der Waals surface area contributed by atoms with E-state index in [0.29, 0.717) is 17.9 Å². The van der Waals surface area contributed by atoms with Crippen LogP contribution in [0.4, 0.5) is 0 Å². The van der Waals surface area contributed by atoms with E-state index < -0.39 is 0 Å². The molecule has 0 aromatic carbocycles. The van der Waals surface area contributed by atoms with Crippen LogP contribution in [0.1, 0.15) is 23.9 Å². The first-order valence-electron chi connectivity index (χ1n) is 5.37. The van der Waals surface area contributed by atoms with Gasteiger partial charge in [-0.05, 0) is 20.8 Å². The molecule has 1 rings (SSSR count). The van der Waals surface area contributed by atoms with Crippen molar-refractivity contribution in [2.45, 2.75) is 27.2 Å². The van der Waals surface area contributed by atoms with E-state index >= 15 is 0 Å². The van der Waals surface area contributed by atoms with Gasteiger partial charge < -0.3 is 10.3 Å². The lowest BCUT2D eigenvalue weighted by atomic mass is 10.1. The van der Waals surface area contributed by atoms with Crippen LogP contribution in [0.3, 0.4) is 0 Å². The van der Waals surface area contributed by atoms with Gasteiger partial charge in [0, 0.05) is 23.5 Å². The molecule has 5 nitrogen and oxygen atoms in total. The van der Waals surface area contributed by atoms with Gasteiger partial charge in [-0.3, -0.25) is 4.79 Å². The average Bonchev–Trinajstić information content (AvgIpc) is 2.20. The van der Waals surface area contributed by atoms with Crippen molar-refractivity contribution in [2.24, 2.45) is 0 Å². The lowest BCUT2D eigenvalue weighted by Gasteiger charge is -2.08. The Kier molecular flexibility index (Phi) is 4.20. The van der Waals surface area contributed by atoms with E-state index in [4.69, 9.17) is 0 Å². The predicted molar refractivity (Wildman–Crippen MR) is 65.9 cm³/mol. The lowest BCUT2D eigenvalue weighted by Crippen LogP contribution is -2.28. The van der Waals surface area contributed by atoms with Crippen molar-refractivity contribution in [3.63, 3.8) is 0 Å². The second-order valence-corrected chi connectivity index (χ2v) is 4.14. The second-order valence-electron chi connectivity index (χ2n) is 4.14. The number of aromatic amines is 1. The van der Waals surface area contributed by atoms with E-state index in [1.807, 2.05) is 6.92 Å². The van der Waals surface area contributed by atoms with Crippen molar-refractivity contribution in [3.8, 4) is 0 Å². The third-order valence-corrected chi connectivity index (χ3v) is 2.38. The normalized spacial score (nSPS) is 10.1. The van der Waals surface area contributed by atoms with E-state index in [-0.39, 0.29) is 18.0 Å². The second kappa shape index (κ2) is 5.43. The number of H-pyrrole nitrogens is 1. The van der Waals surface area contributed by atoms with Crippen LogP contribution in [-0.2, 0) is 11.2 Å². The minimum Gasteiger partial charge on any atom is -0.352 e. The molecule has 1 aromatic rings. The van der Waals surface area contributed by atoms with Gasteiger partial charge in [-0.1, -0.05) is 12.2 Å². The van der Waals surface area contributed by atoms with Gasteiger partial charge in [0.15, 0.2) is 0 Å². The Labute approximate surface area is 100.0 Å². The average molecular weight is 235 g/mol. The molecule has 1 aromatic heterocycles. The van der Waals surface area contributed by atoms with Gasteiger partial charge in [-0.25, -0.2) is 4.79 Å². The first kappa shape index (κ1) is 13.2. The maximum Gasteiger partial charge on any atom is 0.345 e. The quantitative estimate of drug-likeness (QED) is 0.751. The van der Waals surface area contributed by atoms with Crippen molar-refractivity contribution in [1.82, 2.24) is 15.3 Å². The molecule has 0 aliphatic carbocycles. The van der Waals surface area contributed by atoms with Gasteiger partial charge in [0.05, 0.1) is 6.42 Å². The van der Waals surface area contributed by atoms with Gasteiger partial charge in [-0.2, -0.15) is 4.98 Å². The molecule has 1 amide bonds. The number of nitrogens with one attached hydrogen (secondary N) is 2. The summed E-state index contributed by atoms with van der Waals surface area (Å²) < 4.78 is 0. The molecule has 0 unspecified atom stereocenters. The Bertz CT molecular complexity index is 477. The fraction of sp³-hybridized carbons (Fsp3) is 0.417. The summed E-state index contributed by atoms with van der Waals surface area (Å²) in [5, 5.41) is 2.74. The molecule has 0 aliphatic heterocycles. The third kappa shape index (κ3) is 3.86. The largest absolute Gasteiger partial charge is 0.352 e. The Morgan fingerprint density at radius 1 is 1.47 bits per heavy atom. The first-order valence-corrected chi connectivity index (χ1v) is 5.37. The highest BCUT2D eigenvalue weighted by Crippen LogP contribution is 2.07. The predicted octanol–water partition coefficient (Wildman–Crippen LogP) is 0.622. The van der Waals surface area contributed by atoms with E-state index in [0.717, 1.165) is 11.1 Å². The molecule has 0 aliphatic rings. The molecule has 0 saturated carbocycles. The summed E-state index contributed by atoms with van der Waals surface area (Å²) in [6.07, 6.45) is 0.217. The zero-order valence-corrected chi connectivity index (χ0v) is 10.4. The van der Waals surface area contributed by atoms with Crippen LogP contribution >= 0.6 is 0 Å². The number of nitrogens with zero attached hydrogens (tertiary/aromatic N) is 1. The maximum atomic E-state index is 11.6. The Morgan fingerprint density at radius 3 is 2.65 bits per heavy atom. The summed E-state index contributed by atoms with van der Waals surface area (Å²) in [5.74, 6) is -0.104. The van der Waals surface area contributed by atoms with Crippen LogP contribution in [0.5, 0.6) is 0 Å². The van der Waals surface area contributed by atoms with Gasteiger partial charge in [0.25, 0.3) is 0 Å².